The van der Waals surface area contributed by atoms with Gasteiger partial charge in [0.15, 0.2) is 0 Å². The summed E-state index contributed by atoms with van der Waals surface area (Å²) in [6.45, 7) is 6.80. The Kier molecular flexibility index (Phi) is 3.62. The summed E-state index contributed by atoms with van der Waals surface area (Å²) >= 11 is 0. The molecular formula is C15H23N3. The lowest BCUT2D eigenvalue weighted by molar-refractivity contribution is 0.313. The van der Waals surface area contributed by atoms with Gasteiger partial charge in [-0.25, -0.2) is 0 Å². The van der Waals surface area contributed by atoms with Crippen LogP contribution in [0.4, 0.5) is 0 Å². The van der Waals surface area contributed by atoms with Crippen molar-refractivity contribution in [2.24, 2.45) is 5.92 Å². The second-order valence-electron chi connectivity index (χ2n) is 5.88. The molecule has 1 saturated heterocycles. The summed E-state index contributed by atoms with van der Waals surface area (Å²) in [5, 5.41) is 3.65. The summed E-state index contributed by atoms with van der Waals surface area (Å²) in [4.78, 5) is 6.93. The number of hydrogen-bond donors (Lipinski definition) is 1. The van der Waals surface area contributed by atoms with E-state index >= 15 is 0 Å². The summed E-state index contributed by atoms with van der Waals surface area (Å²) in [7, 11) is 0. The first kappa shape index (κ1) is 12.1. The number of likely N-dealkylation sites (tertiary alicyclic amines) is 1. The van der Waals surface area contributed by atoms with Crippen LogP contribution in [-0.4, -0.2) is 35.6 Å². The van der Waals surface area contributed by atoms with Gasteiger partial charge in [-0.15, -0.1) is 0 Å². The van der Waals surface area contributed by atoms with Gasteiger partial charge >= 0.3 is 0 Å². The molecule has 1 aliphatic carbocycles. The lowest BCUT2D eigenvalue weighted by Crippen LogP contribution is -2.27. The smallest absolute Gasteiger partial charge is 0.0372 e. The van der Waals surface area contributed by atoms with Gasteiger partial charge in [0.2, 0.25) is 0 Å². The summed E-state index contributed by atoms with van der Waals surface area (Å²) in [6.07, 6.45) is 6.15. The normalized spacial score (nSPS) is 24.6. The third-order valence-electron chi connectivity index (χ3n) is 4.02. The largest absolute Gasteiger partial charge is 0.314 e. The summed E-state index contributed by atoms with van der Waals surface area (Å²) in [5.41, 5.74) is 2.45. The van der Waals surface area contributed by atoms with Gasteiger partial charge in [0.25, 0.3) is 0 Å². The van der Waals surface area contributed by atoms with Crippen molar-refractivity contribution < 1.29 is 0 Å². The van der Waals surface area contributed by atoms with Crippen molar-refractivity contribution in [3.8, 4) is 0 Å². The maximum absolute atomic E-state index is 4.37. The van der Waals surface area contributed by atoms with Gasteiger partial charge in [0, 0.05) is 31.0 Å². The maximum atomic E-state index is 4.37. The molecule has 2 fully saturated rings. The minimum absolute atomic E-state index is 0.848. The molecule has 0 spiro atoms. The molecule has 3 heteroatoms. The van der Waals surface area contributed by atoms with E-state index < -0.39 is 0 Å². The first-order valence-corrected chi connectivity index (χ1v) is 7.17. The Balaban J connectivity index is 1.44. The van der Waals surface area contributed by atoms with Crippen molar-refractivity contribution in [3.63, 3.8) is 0 Å². The average Bonchev–Trinajstić information content (AvgIpc) is 3.10. The molecule has 1 N–H and O–H groups in total. The maximum Gasteiger partial charge on any atom is 0.0372 e. The van der Waals surface area contributed by atoms with E-state index in [1.165, 1.54) is 44.5 Å². The fourth-order valence-corrected chi connectivity index (χ4v) is 2.69. The van der Waals surface area contributed by atoms with Gasteiger partial charge in [0.1, 0.15) is 0 Å². The van der Waals surface area contributed by atoms with Crippen LogP contribution in [0.5, 0.6) is 0 Å². The van der Waals surface area contributed by atoms with Crippen LogP contribution >= 0.6 is 0 Å². The molecule has 1 atom stereocenters. The van der Waals surface area contributed by atoms with Crippen LogP contribution in [0.25, 0.3) is 0 Å². The molecule has 0 radical (unpaired) electrons. The molecule has 0 aromatic carbocycles. The molecule has 1 aromatic rings. The van der Waals surface area contributed by atoms with E-state index in [0.29, 0.717) is 0 Å². The Hall–Kier alpha value is -0.930. The van der Waals surface area contributed by atoms with Crippen molar-refractivity contribution in [2.75, 3.05) is 19.6 Å². The van der Waals surface area contributed by atoms with Crippen LogP contribution in [0.1, 0.15) is 30.5 Å². The highest BCUT2D eigenvalue weighted by atomic mass is 15.1. The molecule has 1 unspecified atom stereocenters. The molecule has 18 heavy (non-hydrogen) atoms. The first-order valence-electron chi connectivity index (χ1n) is 7.17. The highest BCUT2D eigenvalue weighted by Gasteiger charge is 2.26. The zero-order chi connectivity index (χ0) is 12.4. The van der Waals surface area contributed by atoms with Crippen LogP contribution in [0.3, 0.4) is 0 Å². The predicted octanol–water partition coefficient (Wildman–Crippen LogP) is 1.96. The van der Waals surface area contributed by atoms with Crippen molar-refractivity contribution in [1.29, 1.82) is 0 Å². The number of aromatic nitrogens is 1. The van der Waals surface area contributed by atoms with Gasteiger partial charge in [-0.1, -0.05) is 6.07 Å². The molecule has 3 nitrogen and oxygen atoms in total. The summed E-state index contributed by atoms with van der Waals surface area (Å²) in [6, 6.07) is 5.16. The highest BCUT2D eigenvalue weighted by Crippen LogP contribution is 2.22. The van der Waals surface area contributed by atoms with Crippen LogP contribution in [0.15, 0.2) is 18.3 Å². The minimum atomic E-state index is 0.848. The molecule has 3 rings (SSSR count). The lowest BCUT2D eigenvalue weighted by atomic mass is 10.1. The predicted molar refractivity (Wildman–Crippen MR) is 73.4 cm³/mol. The molecular weight excluding hydrogens is 222 g/mol. The van der Waals surface area contributed by atoms with Crippen molar-refractivity contribution in [2.45, 2.75) is 38.8 Å². The summed E-state index contributed by atoms with van der Waals surface area (Å²) < 4.78 is 0. The van der Waals surface area contributed by atoms with Crippen LogP contribution < -0.4 is 5.32 Å². The Labute approximate surface area is 110 Å². The van der Waals surface area contributed by atoms with E-state index in [0.717, 1.165) is 24.2 Å². The van der Waals surface area contributed by atoms with Gasteiger partial charge in [-0.3, -0.25) is 9.88 Å². The van der Waals surface area contributed by atoms with Crippen molar-refractivity contribution in [3.05, 3.63) is 29.6 Å². The van der Waals surface area contributed by atoms with E-state index in [9.17, 15) is 0 Å². The second-order valence-corrected chi connectivity index (χ2v) is 5.88. The molecule has 2 aliphatic rings. The zero-order valence-corrected chi connectivity index (χ0v) is 11.2. The van der Waals surface area contributed by atoms with Crippen LogP contribution in [-0.2, 0) is 6.54 Å². The number of hydrogen-bond acceptors (Lipinski definition) is 3. The number of aryl methyl sites for hydroxylation is 1. The zero-order valence-electron chi connectivity index (χ0n) is 11.2. The minimum Gasteiger partial charge on any atom is -0.314 e. The van der Waals surface area contributed by atoms with Crippen LogP contribution in [0.2, 0.25) is 0 Å². The summed E-state index contributed by atoms with van der Waals surface area (Å²) in [5.74, 6) is 0.851. The Bertz CT molecular complexity index is 383. The van der Waals surface area contributed by atoms with E-state index in [-0.39, 0.29) is 0 Å². The Morgan fingerprint density at radius 3 is 2.94 bits per heavy atom. The van der Waals surface area contributed by atoms with Crippen molar-refractivity contribution in [1.82, 2.24) is 15.2 Å². The number of rotatable bonds is 5. The number of pyridine rings is 1. The Morgan fingerprint density at radius 2 is 2.22 bits per heavy atom. The number of nitrogens with zero attached hydrogens (tertiary/aromatic N) is 2. The van der Waals surface area contributed by atoms with E-state index in [1.807, 2.05) is 13.1 Å². The quantitative estimate of drug-likeness (QED) is 0.859. The van der Waals surface area contributed by atoms with Gasteiger partial charge < -0.3 is 5.32 Å². The standard InChI is InChI=1S/C15H23N3/c1-12-2-3-13(8-16-12)10-18-7-6-14(11-18)9-17-15-4-5-15/h2-3,8,14-15,17H,4-7,9-11H2,1H3. The Morgan fingerprint density at radius 1 is 1.33 bits per heavy atom. The van der Waals surface area contributed by atoms with E-state index in [1.54, 1.807) is 0 Å². The van der Waals surface area contributed by atoms with Gasteiger partial charge in [0.05, 0.1) is 0 Å². The topological polar surface area (TPSA) is 28.2 Å². The molecule has 0 bridgehead atoms. The first-order chi connectivity index (χ1) is 8.79. The molecule has 1 saturated carbocycles. The molecule has 2 heterocycles. The lowest BCUT2D eigenvalue weighted by Gasteiger charge is -2.16. The number of nitrogens with one attached hydrogen (secondary N) is 1. The van der Waals surface area contributed by atoms with E-state index in [4.69, 9.17) is 0 Å². The highest BCUT2D eigenvalue weighted by molar-refractivity contribution is 5.13. The molecule has 1 aliphatic heterocycles. The van der Waals surface area contributed by atoms with Gasteiger partial charge in [-0.2, -0.15) is 0 Å². The fraction of sp³-hybridized carbons (Fsp3) is 0.667. The molecule has 1 aromatic heterocycles. The second kappa shape index (κ2) is 5.37. The van der Waals surface area contributed by atoms with E-state index in [2.05, 4.69) is 27.3 Å². The monoisotopic (exact) mass is 245 g/mol. The van der Waals surface area contributed by atoms with Crippen LogP contribution in [0, 0.1) is 12.8 Å². The fourth-order valence-electron chi connectivity index (χ4n) is 2.69. The third-order valence-corrected chi connectivity index (χ3v) is 4.02. The molecule has 98 valence electrons. The molecule has 0 amide bonds. The SMILES string of the molecule is Cc1ccc(CN2CCC(CNC3CC3)C2)cn1. The van der Waals surface area contributed by atoms with Gasteiger partial charge in [-0.05, 0) is 56.8 Å². The average molecular weight is 245 g/mol. The third kappa shape index (κ3) is 3.30. The van der Waals surface area contributed by atoms with Crippen molar-refractivity contribution >= 4 is 0 Å².